The summed E-state index contributed by atoms with van der Waals surface area (Å²) in [6, 6.07) is 6.35. The highest BCUT2D eigenvalue weighted by Gasteiger charge is 2.12. The predicted octanol–water partition coefficient (Wildman–Crippen LogP) is 2.42. The van der Waals surface area contributed by atoms with Gasteiger partial charge in [-0.05, 0) is 32.5 Å². The Hall–Kier alpha value is -1.37. The first-order valence-electron chi connectivity index (χ1n) is 7.43. The van der Waals surface area contributed by atoms with Gasteiger partial charge in [-0.25, -0.2) is 0 Å². The van der Waals surface area contributed by atoms with E-state index in [1.54, 1.807) is 12.1 Å². The van der Waals surface area contributed by atoms with Gasteiger partial charge in [0.2, 0.25) is 0 Å². The molecule has 1 aliphatic heterocycles. The van der Waals surface area contributed by atoms with Crippen molar-refractivity contribution in [2.75, 3.05) is 46.4 Å². The summed E-state index contributed by atoms with van der Waals surface area (Å²) in [5, 5.41) is 10.7. The maximum Gasteiger partial charge on any atom is 0.273 e. The number of hydrogen-bond acceptors (Lipinski definition) is 5. The Morgan fingerprint density at radius 3 is 2.64 bits per heavy atom. The SMILES string of the molecule is CN1CCN(CCCCOc2cccc([N+](=O)[O-])c2)CC1.Cl. The lowest BCUT2D eigenvalue weighted by molar-refractivity contribution is -0.384. The zero-order valence-corrected chi connectivity index (χ0v) is 13.8. The van der Waals surface area contributed by atoms with Crippen LogP contribution in [0.5, 0.6) is 5.75 Å². The molecule has 2 rings (SSSR count). The predicted molar refractivity (Wildman–Crippen MR) is 89.0 cm³/mol. The molecular formula is C15H24ClN3O3. The number of halogens is 1. The Bertz CT molecular complexity index is 465. The van der Waals surface area contributed by atoms with Gasteiger partial charge in [-0.1, -0.05) is 6.07 Å². The van der Waals surface area contributed by atoms with Crippen LogP contribution < -0.4 is 4.74 Å². The number of nitro groups is 1. The first kappa shape index (κ1) is 18.7. The minimum Gasteiger partial charge on any atom is -0.493 e. The van der Waals surface area contributed by atoms with E-state index in [-0.39, 0.29) is 18.1 Å². The lowest BCUT2D eigenvalue weighted by atomic mass is 10.2. The molecule has 1 aliphatic rings. The van der Waals surface area contributed by atoms with Crippen LogP contribution in [0, 0.1) is 10.1 Å². The summed E-state index contributed by atoms with van der Waals surface area (Å²) in [7, 11) is 2.16. The number of unbranched alkanes of at least 4 members (excludes halogenated alkanes) is 1. The Labute approximate surface area is 137 Å². The molecule has 0 aromatic heterocycles. The van der Waals surface area contributed by atoms with Crippen LogP contribution in [-0.2, 0) is 0 Å². The van der Waals surface area contributed by atoms with Crippen LogP contribution in [0.25, 0.3) is 0 Å². The summed E-state index contributed by atoms with van der Waals surface area (Å²) in [5.41, 5.74) is 0.0740. The number of piperazine rings is 1. The summed E-state index contributed by atoms with van der Waals surface area (Å²) >= 11 is 0. The molecule has 1 saturated heterocycles. The number of ether oxygens (including phenoxy) is 1. The Morgan fingerprint density at radius 2 is 1.95 bits per heavy atom. The van der Waals surface area contributed by atoms with Crippen LogP contribution in [0.3, 0.4) is 0 Å². The normalized spacial score (nSPS) is 16.0. The van der Waals surface area contributed by atoms with Crippen LogP contribution in [0.15, 0.2) is 24.3 Å². The van der Waals surface area contributed by atoms with Gasteiger partial charge >= 0.3 is 0 Å². The van der Waals surface area contributed by atoms with Crippen molar-refractivity contribution in [3.8, 4) is 5.75 Å². The quantitative estimate of drug-likeness (QED) is 0.437. The van der Waals surface area contributed by atoms with E-state index in [4.69, 9.17) is 4.74 Å². The molecule has 1 aromatic carbocycles. The van der Waals surface area contributed by atoms with Gasteiger partial charge in [0.25, 0.3) is 5.69 Å². The lowest BCUT2D eigenvalue weighted by Crippen LogP contribution is -2.44. The molecule has 124 valence electrons. The molecule has 0 spiro atoms. The van der Waals surface area contributed by atoms with Crippen molar-refractivity contribution in [3.63, 3.8) is 0 Å². The average molecular weight is 330 g/mol. The molecule has 0 radical (unpaired) electrons. The topological polar surface area (TPSA) is 58.8 Å². The van der Waals surface area contributed by atoms with Crippen molar-refractivity contribution in [3.05, 3.63) is 34.4 Å². The molecule has 0 N–H and O–H groups in total. The van der Waals surface area contributed by atoms with Crippen molar-refractivity contribution in [2.24, 2.45) is 0 Å². The van der Waals surface area contributed by atoms with E-state index in [0.29, 0.717) is 12.4 Å². The van der Waals surface area contributed by atoms with Gasteiger partial charge in [-0.2, -0.15) is 0 Å². The number of hydrogen-bond donors (Lipinski definition) is 0. The van der Waals surface area contributed by atoms with Crippen LogP contribution in [0.2, 0.25) is 0 Å². The first-order valence-corrected chi connectivity index (χ1v) is 7.43. The first-order chi connectivity index (χ1) is 10.1. The highest BCUT2D eigenvalue weighted by Crippen LogP contribution is 2.19. The molecular weight excluding hydrogens is 306 g/mol. The molecule has 6 nitrogen and oxygen atoms in total. The zero-order chi connectivity index (χ0) is 15.1. The van der Waals surface area contributed by atoms with E-state index in [1.165, 1.54) is 12.1 Å². The summed E-state index contributed by atoms with van der Waals surface area (Å²) in [6.07, 6.45) is 2.06. The Morgan fingerprint density at radius 1 is 1.23 bits per heavy atom. The summed E-state index contributed by atoms with van der Waals surface area (Å²) in [4.78, 5) is 15.1. The maximum atomic E-state index is 10.7. The monoisotopic (exact) mass is 329 g/mol. The van der Waals surface area contributed by atoms with E-state index in [2.05, 4.69) is 16.8 Å². The number of non-ortho nitro benzene ring substituents is 1. The van der Waals surface area contributed by atoms with Crippen LogP contribution in [-0.4, -0.2) is 61.1 Å². The van der Waals surface area contributed by atoms with Crippen molar-refractivity contribution in [1.29, 1.82) is 0 Å². The number of benzene rings is 1. The smallest absolute Gasteiger partial charge is 0.273 e. The average Bonchev–Trinajstić information content (AvgIpc) is 2.49. The number of nitro benzene ring substituents is 1. The fourth-order valence-corrected chi connectivity index (χ4v) is 2.39. The molecule has 0 aliphatic carbocycles. The number of rotatable bonds is 7. The van der Waals surface area contributed by atoms with Gasteiger partial charge in [0.05, 0.1) is 17.6 Å². The van der Waals surface area contributed by atoms with E-state index in [9.17, 15) is 10.1 Å². The van der Waals surface area contributed by atoms with Crippen molar-refractivity contribution >= 4 is 18.1 Å². The second kappa shape index (κ2) is 9.61. The second-order valence-corrected chi connectivity index (χ2v) is 5.45. The van der Waals surface area contributed by atoms with Gasteiger partial charge in [-0.3, -0.25) is 10.1 Å². The molecule has 0 unspecified atom stereocenters. The molecule has 0 bridgehead atoms. The minimum atomic E-state index is -0.403. The molecule has 7 heteroatoms. The van der Waals surface area contributed by atoms with E-state index in [0.717, 1.165) is 45.6 Å². The summed E-state index contributed by atoms with van der Waals surface area (Å²) in [5.74, 6) is 0.573. The standard InChI is InChI=1S/C15H23N3O3.ClH/c1-16-8-10-17(11-9-16)7-2-3-12-21-15-6-4-5-14(13-15)18(19)20;/h4-6,13H,2-3,7-12H2,1H3;1H. The van der Waals surface area contributed by atoms with Gasteiger partial charge in [-0.15, -0.1) is 12.4 Å². The second-order valence-electron chi connectivity index (χ2n) is 5.45. The van der Waals surface area contributed by atoms with Crippen molar-refractivity contribution in [2.45, 2.75) is 12.8 Å². The molecule has 1 fully saturated rings. The highest BCUT2D eigenvalue weighted by atomic mass is 35.5. The van der Waals surface area contributed by atoms with E-state index >= 15 is 0 Å². The van der Waals surface area contributed by atoms with Crippen molar-refractivity contribution in [1.82, 2.24) is 9.80 Å². The molecule has 22 heavy (non-hydrogen) atoms. The van der Waals surface area contributed by atoms with E-state index in [1.807, 2.05) is 0 Å². The largest absolute Gasteiger partial charge is 0.493 e. The third kappa shape index (κ3) is 6.17. The molecule has 0 saturated carbocycles. The summed E-state index contributed by atoms with van der Waals surface area (Å²) < 4.78 is 5.57. The van der Waals surface area contributed by atoms with E-state index < -0.39 is 4.92 Å². The third-order valence-corrected chi connectivity index (χ3v) is 3.76. The minimum absolute atomic E-state index is 0. The molecule has 1 aromatic rings. The Kier molecular flexibility index (Phi) is 8.16. The van der Waals surface area contributed by atoms with Crippen LogP contribution >= 0.6 is 12.4 Å². The van der Waals surface area contributed by atoms with Crippen LogP contribution in [0.1, 0.15) is 12.8 Å². The number of likely N-dealkylation sites (N-methyl/N-ethyl adjacent to an activating group) is 1. The zero-order valence-electron chi connectivity index (χ0n) is 12.9. The van der Waals surface area contributed by atoms with Crippen LogP contribution in [0.4, 0.5) is 5.69 Å². The lowest BCUT2D eigenvalue weighted by Gasteiger charge is -2.32. The molecule has 0 amide bonds. The van der Waals surface area contributed by atoms with Crippen molar-refractivity contribution < 1.29 is 9.66 Å². The van der Waals surface area contributed by atoms with Gasteiger partial charge in [0.1, 0.15) is 5.75 Å². The fraction of sp³-hybridized carbons (Fsp3) is 0.600. The third-order valence-electron chi connectivity index (χ3n) is 3.76. The van der Waals surface area contributed by atoms with Gasteiger partial charge in [0, 0.05) is 32.2 Å². The summed E-state index contributed by atoms with van der Waals surface area (Å²) in [6.45, 7) is 6.28. The maximum absolute atomic E-state index is 10.7. The highest BCUT2D eigenvalue weighted by molar-refractivity contribution is 5.85. The molecule has 1 heterocycles. The van der Waals surface area contributed by atoms with Gasteiger partial charge < -0.3 is 14.5 Å². The molecule has 0 atom stereocenters. The number of nitrogens with zero attached hydrogens (tertiary/aromatic N) is 3. The fourth-order valence-electron chi connectivity index (χ4n) is 2.39. The van der Waals surface area contributed by atoms with Gasteiger partial charge in [0.15, 0.2) is 0 Å². The Balaban J connectivity index is 0.00000242.